The van der Waals surface area contributed by atoms with Crippen LogP contribution in [0.3, 0.4) is 0 Å². The first-order valence-corrected chi connectivity index (χ1v) is 5.70. The van der Waals surface area contributed by atoms with Gasteiger partial charge in [-0.25, -0.2) is 4.79 Å². The number of hydrogen-bond acceptors (Lipinski definition) is 4. The fourth-order valence-electron chi connectivity index (χ4n) is 2.00. The first-order valence-electron chi connectivity index (χ1n) is 5.70. The minimum Gasteiger partial charge on any atom is -0.492 e. The van der Waals surface area contributed by atoms with Crippen molar-refractivity contribution in [1.82, 2.24) is 9.55 Å². The lowest BCUT2D eigenvalue weighted by Crippen LogP contribution is -2.34. The quantitative estimate of drug-likeness (QED) is 0.790. The van der Waals surface area contributed by atoms with Gasteiger partial charge in [-0.15, -0.1) is 0 Å². The highest BCUT2D eigenvalue weighted by atomic mass is 19.1. The van der Waals surface area contributed by atoms with Crippen molar-refractivity contribution in [3.05, 3.63) is 26.7 Å². The van der Waals surface area contributed by atoms with Gasteiger partial charge in [0, 0.05) is 20.3 Å². The molecule has 0 amide bonds. The molecule has 2 N–H and O–H groups in total. The van der Waals surface area contributed by atoms with Crippen LogP contribution in [-0.2, 0) is 11.3 Å². The molecule has 1 fully saturated rings. The van der Waals surface area contributed by atoms with Gasteiger partial charge in [-0.1, -0.05) is 0 Å². The summed E-state index contributed by atoms with van der Waals surface area (Å²) in [5.74, 6) is -2.22. The van der Waals surface area contributed by atoms with Crippen LogP contribution in [0.4, 0.5) is 4.39 Å². The van der Waals surface area contributed by atoms with E-state index in [0.717, 1.165) is 23.8 Å². The van der Waals surface area contributed by atoms with Crippen LogP contribution in [0.2, 0.25) is 0 Å². The van der Waals surface area contributed by atoms with Gasteiger partial charge in [0.05, 0.1) is 0 Å². The highest BCUT2D eigenvalue weighted by Crippen LogP contribution is 2.50. The summed E-state index contributed by atoms with van der Waals surface area (Å²) in [4.78, 5) is 24.3. The maximum Gasteiger partial charge on any atom is 0.331 e. The SMILES string of the molecule is COCCC1(Cn2c(O)c(F)c(=O)[nH]c2=O)CC1. The number of aromatic hydroxyl groups is 1. The summed E-state index contributed by atoms with van der Waals surface area (Å²) in [6.07, 6.45) is 2.52. The molecule has 2 rings (SSSR count). The van der Waals surface area contributed by atoms with Crippen LogP contribution in [0, 0.1) is 11.2 Å². The predicted molar refractivity (Wildman–Crippen MR) is 61.1 cm³/mol. The lowest BCUT2D eigenvalue weighted by Gasteiger charge is -2.16. The van der Waals surface area contributed by atoms with E-state index in [1.54, 1.807) is 7.11 Å². The normalized spacial score (nSPS) is 16.8. The van der Waals surface area contributed by atoms with Crippen molar-refractivity contribution in [3.8, 4) is 5.88 Å². The van der Waals surface area contributed by atoms with Crippen LogP contribution < -0.4 is 11.2 Å². The van der Waals surface area contributed by atoms with E-state index in [0.29, 0.717) is 6.61 Å². The second-order valence-electron chi connectivity index (χ2n) is 4.73. The zero-order valence-electron chi connectivity index (χ0n) is 10.0. The highest BCUT2D eigenvalue weighted by Gasteiger charge is 2.43. The van der Waals surface area contributed by atoms with Crippen LogP contribution in [0.15, 0.2) is 9.59 Å². The summed E-state index contributed by atoms with van der Waals surface area (Å²) >= 11 is 0. The Labute approximate surface area is 102 Å². The molecule has 0 atom stereocenters. The maximum absolute atomic E-state index is 13.2. The molecule has 0 radical (unpaired) electrons. The van der Waals surface area contributed by atoms with Crippen molar-refractivity contribution in [2.24, 2.45) is 5.41 Å². The molecule has 0 aromatic carbocycles. The molecule has 0 bridgehead atoms. The third-order valence-electron chi connectivity index (χ3n) is 3.40. The van der Waals surface area contributed by atoms with Gasteiger partial charge in [-0.3, -0.25) is 14.3 Å². The van der Waals surface area contributed by atoms with Crippen LogP contribution in [0.25, 0.3) is 0 Å². The van der Waals surface area contributed by atoms with Crippen LogP contribution in [0.5, 0.6) is 5.88 Å². The maximum atomic E-state index is 13.2. The van der Waals surface area contributed by atoms with Crippen molar-refractivity contribution in [2.75, 3.05) is 13.7 Å². The zero-order chi connectivity index (χ0) is 13.3. The van der Waals surface area contributed by atoms with E-state index in [4.69, 9.17) is 4.74 Å². The van der Waals surface area contributed by atoms with Gasteiger partial charge in [0.1, 0.15) is 0 Å². The molecule has 0 unspecified atom stereocenters. The van der Waals surface area contributed by atoms with Crippen molar-refractivity contribution in [2.45, 2.75) is 25.8 Å². The Balaban J connectivity index is 2.28. The number of hydrogen-bond donors (Lipinski definition) is 2. The van der Waals surface area contributed by atoms with E-state index in [1.807, 2.05) is 4.98 Å². The number of aromatic nitrogens is 2. The average Bonchev–Trinajstić information content (AvgIpc) is 3.10. The number of ether oxygens (including phenoxy) is 1. The molecule has 0 aliphatic heterocycles. The molecule has 100 valence electrons. The first-order chi connectivity index (χ1) is 8.49. The van der Waals surface area contributed by atoms with E-state index >= 15 is 0 Å². The van der Waals surface area contributed by atoms with Gasteiger partial charge in [-0.2, -0.15) is 4.39 Å². The predicted octanol–water partition coefficient (Wildman–Crippen LogP) is 0.198. The Kier molecular flexibility index (Phi) is 3.25. The summed E-state index contributed by atoms with van der Waals surface area (Å²) in [6.45, 7) is 0.732. The van der Waals surface area contributed by atoms with Gasteiger partial charge in [0.2, 0.25) is 11.7 Å². The third-order valence-corrected chi connectivity index (χ3v) is 3.40. The molecule has 1 saturated carbocycles. The summed E-state index contributed by atoms with van der Waals surface area (Å²) in [5, 5.41) is 9.51. The van der Waals surface area contributed by atoms with Gasteiger partial charge in [0.25, 0.3) is 5.56 Å². The molecule has 0 spiro atoms. The molecule has 6 nitrogen and oxygen atoms in total. The first kappa shape index (κ1) is 12.8. The lowest BCUT2D eigenvalue weighted by molar-refractivity contribution is 0.164. The second-order valence-corrected chi connectivity index (χ2v) is 4.73. The Morgan fingerprint density at radius 1 is 1.50 bits per heavy atom. The van der Waals surface area contributed by atoms with Crippen LogP contribution in [-0.4, -0.2) is 28.4 Å². The molecule has 1 heterocycles. The number of rotatable bonds is 5. The van der Waals surface area contributed by atoms with Crippen molar-refractivity contribution < 1.29 is 14.2 Å². The van der Waals surface area contributed by atoms with E-state index in [2.05, 4.69) is 0 Å². The molecule has 1 aromatic rings. The van der Waals surface area contributed by atoms with E-state index < -0.39 is 22.9 Å². The average molecular weight is 258 g/mol. The molecule has 1 aromatic heterocycles. The summed E-state index contributed by atoms with van der Waals surface area (Å²) in [6, 6.07) is 0. The molecule has 7 heteroatoms. The lowest BCUT2D eigenvalue weighted by atomic mass is 10.0. The van der Waals surface area contributed by atoms with E-state index in [-0.39, 0.29) is 12.0 Å². The van der Waals surface area contributed by atoms with Crippen molar-refractivity contribution in [3.63, 3.8) is 0 Å². The van der Waals surface area contributed by atoms with Gasteiger partial charge in [-0.05, 0) is 24.7 Å². The largest absolute Gasteiger partial charge is 0.492 e. The number of nitrogens with one attached hydrogen (secondary N) is 1. The summed E-state index contributed by atoms with van der Waals surface area (Å²) in [5.41, 5.74) is -2.12. The van der Waals surface area contributed by atoms with E-state index in [1.165, 1.54) is 0 Å². The van der Waals surface area contributed by atoms with Crippen molar-refractivity contribution >= 4 is 0 Å². The monoisotopic (exact) mass is 258 g/mol. The molecule has 0 saturated heterocycles. The minimum absolute atomic E-state index is 0.137. The fraction of sp³-hybridized carbons (Fsp3) is 0.636. The second kappa shape index (κ2) is 4.56. The Hall–Kier alpha value is -1.63. The van der Waals surface area contributed by atoms with Gasteiger partial charge in [0.15, 0.2) is 0 Å². The topological polar surface area (TPSA) is 84.3 Å². The smallest absolute Gasteiger partial charge is 0.331 e. The summed E-state index contributed by atoms with van der Waals surface area (Å²) in [7, 11) is 1.58. The number of methoxy groups -OCH3 is 1. The number of H-pyrrole nitrogens is 1. The number of nitrogens with zero attached hydrogens (tertiary/aromatic N) is 1. The number of aromatic amines is 1. The fourth-order valence-corrected chi connectivity index (χ4v) is 2.00. The molecular formula is C11H15FN2O4. The number of halogens is 1. The Morgan fingerprint density at radius 2 is 2.17 bits per heavy atom. The molecule has 18 heavy (non-hydrogen) atoms. The highest BCUT2D eigenvalue weighted by molar-refractivity contribution is 5.11. The Morgan fingerprint density at radius 3 is 2.72 bits per heavy atom. The van der Waals surface area contributed by atoms with Crippen LogP contribution in [0.1, 0.15) is 19.3 Å². The van der Waals surface area contributed by atoms with Crippen molar-refractivity contribution in [1.29, 1.82) is 0 Å². The van der Waals surface area contributed by atoms with Gasteiger partial charge < -0.3 is 9.84 Å². The molecule has 1 aliphatic carbocycles. The van der Waals surface area contributed by atoms with Gasteiger partial charge >= 0.3 is 5.69 Å². The standard InChI is InChI=1S/C11H15FN2O4/c1-18-5-4-11(2-3-11)6-14-9(16)7(12)8(15)13-10(14)17/h16H,2-6H2,1H3,(H,13,15,17). The molecule has 1 aliphatic rings. The minimum atomic E-state index is -1.32. The molecular weight excluding hydrogens is 243 g/mol. The van der Waals surface area contributed by atoms with Crippen LogP contribution >= 0.6 is 0 Å². The summed E-state index contributed by atoms with van der Waals surface area (Å²) < 4.78 is 19.1. The van der Waals surface area contributed by atoms with E-state index in [9.17, 15) is 19.1 Å². The Bertz CT molecular complexity index is 559. The third kappa shape index (κ3) is 2.31. The zero-order valence-corrected chi connectivity index (χ0v) is 10.0.